The second-order valence-electron chi connectivity index (χ2n) is 4.81. The number of nitrogens with one attached hydrogen (secondary N) is 1. The Labute approximate surface area is 133 Å². The minimum Gasteiger partial charge on any atom is -0.449 e. The van der Waals surface area contributed by atoms with Gasteiger partial charge in [0.25, 0.3) is 5.91 Å². The Morgan fingerprint density at radius 2 is 1.91 bits per heavy atom. The van der Waals surface area contributed by atoms with Gasteiger partial charge in [0.15, 0.2) is 6.10 Å². The minimum absolute atomic E-state index is 0.322. The molecule has 7 heteroatoms. The van der Waals surface area contributed by atoms with Gasteiger partial charge in [0, 0.05) is 11.1 Å². The number of imide groups is 1. The van der Waals surface area contributed by atoms with Crippen molar-refractivity contribution in [3.8, 4) is 0 Å². The van der Waals surface area contributed by atoms with E-state index in [2.05, 4.69) is 0 Å². The fourth-order valence-electron chi connectivity index (χ4n) is 1.62. The first-order chi connectivity index (χ1) is 10.3. The molecule has 1 aromatic carbocycles. The smallest absolute Gasteiger partial charge is 0.331 e. The Kier molecular flexibility index (Phi) is 6.59. The van der Waals surface area contributed by atoms with E-state index in [1.165, 1.54) is 6.08 Å². The highest BCUT2D eigenvalue weighted by Gasteiger charge is 2.26. The van der Waals surface area contributed by atoms with Crippen molar-refractivity contribution in [2.24, 2.45) is 11.7 Å². The second kappa shape index (κ2) is 8.19. The van der Waals surface area contributed by atoms with Gasteiger partial charge in [-0.1, -0.05) is 43.6 Å². The summed E-state index contributed by atoms with van der Waals surface area (Å²) in [7, 11) is 0. The molecule has 3 amide bonds. The van der Waals surface area contributed by atoms with E-state index >= 15 is 0 Å². The zero-order valence-electron chi connectivity index (χ0n) is 12.2. The molecule has 0 aliphatic rings. The van der Waals surface area contributed by atoms with Crippen molar-refractivity contribution >= 4 is 35.6 Å². The Morgan fingerprint density at radius 3 is 2.45 bits per heavy atom. The van der Waals surface area contributed by atoms with Crippen LogP contribution in [-0.2, 0) is 14.3 Å². The predicted octanol–water partition coefficient (Wildman–Crippen LogP) is 2.12. The lowest BCUT2D eigenvalue weighted by atomic mass is 10.1. The van der Waals surface area contributed by atoms with Crippen LogP contribution in [0.2, 0.25) is 5.02 Å². The maximum atomic E-state index is 11.8. The van der Waals surface area contributed by atoms with Crippen molar-refractivity contribution in [1.29, 1.82) is 0 Å². The van der Waals surface area contributed by atoms with E-state index < -0.39 is 24.0 Å². The first-order valence-corrected chi connectivity index (χ1v) is 6.92. The highest BCUT2D eigenvalue weighted by Crippen LogP contribution is 2.16. The number of urea groups is 1. The number of rotatable bonds is 5. The zero-order valence-corrected chi connectivity index (χ0v) is 13.0. The van der Waals surface area contributed by atoms with Crippen LogP contribution in [0.25, 0.3) is 6.08 Å². The van der Waals surface area contributed by atoms with Gasteiger partial charge in [-0.25, -0.2) is 9.59 Å². The van der Waals surface area contributed by atoms with Gasteiger partial charge >= 0.3 is 12.0 Å². The van der Waals surface area contributed by atoms with E-state index in [4.69, 9.17) is 22.1 Å². The molecule has 0 aliphatic carbocycles. The molecular formula is C15H17ClN2O4. The van der Waals surface area contributed by atoms with Gasteiger partial charge in [0.1, 0.15) is 0 Å². The molecule has 6 nitrogen and oxygen atoms in total. The Bertz CT molecular complexity index is 599. The summed E-state index contributed by atoms with van der Waals surface area (Å²) in [6, 6.07) is 5.95. The van der Waals surface area contributed by atoms with Crippen molar-refractivity contribution in [3.63, 3.8) is 0 Å². The number of primary amides is 1. The lowest BCUT2D eigenvalue weighted by molar-refractivity contribution is -0.153. The van der Waals surface area contributed by atoms with Crippen LogP contribution < -0.4 is 11.1 Å². The molecule has 0 heterocycles. The number of ether oxygens (including phenoxy) is 1. The summed E-state index contributed by atoms with van der Waals surface area (Å²) in [4.78, 5) is 34.2. The number of halogens is 1. The van der Waals surface area contributed by atoms with E-state index in [0.29, 0.717) is 10.6 Å². The average Bonchev–Trinajstić information content (AvgIpc) is 2.42. The molecule has 22 heavy (non-hydrogen) atoms. The molecule has 0 aromatic heterocycles. The fraction of sp³-hybridized carbons (Fsp3) is 0.267. The van der Waals surface area contributed by atoms with Crippen LogP contribution in [0.1, 0.15) is 19.4 Å². The van der Waals surface area contributed by atoms with Crippen molar-refractivity contribution < 1.29 is 19.1 Å². The monoisotopic (exact) mass is 324 g/mol. The molecule has 0 radical (unpaired) electrons. The van der Waals surface area contributed by atoms with Crippen molar-refractivity contribution in [2.75, 3.05) is 0 Å². The number of hydrogen-bond donors (Lipinski definition) is 2. The van der Waals surface area contributed by atoms with Crippen molar-refractivity contribution in [3.05, 3.63) is 40.9 Å². The number of carbonyl (C=O) groups is 3. The Balaban J connectivity index is 2.74. The third kappa shape index (κ3) is 5.57. The summed E-state index contributed by atoms with van der Waals surface area (Å²) < 4.78 is 5.05. The van der Waals surface area contributed by atoms with Crippen molar-refractivity contribution in [2.45, 2.75) is 20.0 Å². The van der Waals surface area contributed by atoms with E-state index in [1.807, 2.05) is 5.32 Å². The first kappa shape index (κ1) is 17.7. The highest BCUT2D eigenvalue weighted by atomic mass is 35.5. The van der Waals surface area contributed by atoms with Crippen LogP contribution in [0, 0.1) is 5.92 Å². The summed E-state index contributed by atoms with van der Waals surface area (Å²) in [5.74, 6) is -1.81. The number of esters is 1. The molecule has 0 saturated heterocycles. The number of amides is 3. The van der Waals surface area contributed by atoms with E-state index in [9.17, 15) is 14.4 Å². The van der Waals surface area contributed by atoms with Gasteiger partial charge in [0.2, 0.25) is 0 Å². The third-order valence-corrected chi connectivity index (χ3v) is 3.00. The van der Waals surface area contributed by atoms with Crippen molar-refractivity contribution in [1.82, 2.24) is 5.32 Å². The molecule has 1 aromatic rings. The van der Waals surface area contributed by atoms with Crippen LogP contribution in [0.3, 0.4) is 0 Å². The van der Waals surface area contributed by atoms with Gasteiger partial charge < -0.3 is 10.5 Å². The van der Waals surface area contributed by atoms with Crippen LogP contribution >= 0.6 is 11.6 Å². The highest BCUT2D eigenvalue weighted by molar-refractivity contribution is 6.32. The fourth-order valence-corrected chi connectivity index (χ4v) is 1.82. The number of benzene rings is 1. The van der Waals surface area contributed by atoms with E-state index in [-0.39, 0.29) is 5.92 Å². The lowest BCUT2D eigenvalue weighted by Crippen LogP contribution is -2.45. The molecule has 118 valence electrons. The quantitative estimate of drug-likeness (QED) is 0.640. The lowest BCUT2D eigenvalue weighted by Gasteiger charge is -2.18. The van der Waals surface area contributed by atoms with Gasteiger partial charge in [0.05, 0.1) is 0 Å². The largest absolute Gasteiger partial charge is 0.449 e. The number of nitrogens with two attached hydrogens (primary N) is 1. The Morgan fingerprint density at radius 1 is 1.27 bits per heavy atom. The molecule has 0 saturated carbocycles. The third-order valence-electron chi connectivity index (χ3n) is 2.66. The summed E-state index contributed by atoms with van der Waals surface area (Å²) in [5, 5.41) is 2.37. The summed E-state index contributed by atoms with van der Waals surface area (Å²) in [5.41, 5.74) is 5.52. The van der Waals surface area contributed by atoms with Crippen LogP contribution in [-0.4, -0.2) is 24.0 Å². The van der Waals surface area contributed by atoms with Gasteiger partial charge in [-0.15, -0.1) is 0 Å². The zero-order chi connectivity index (χ0) is 16.7. The van der Waals surface area contributed by atoms with Gasteiger partial charge in [-0.3, -0.25) is 10.1 Å². The molecule has 0 aliphatic heterocycles. The standard InChI is InChI=1S/C15H17ClN2O4/c1-9(2)13(14(20)18-15(17)21)22-12(19)8-7-10-5-3-4-6-11(10)16/h3-9,13H,1-2H3,(H3,17,18,20,21)/b8-7+/t13-/m1/s1. The summed E-state index contributed by atoms with van der Waals surface area (Å²) in [6.07, 6.45) is 1.53. The van der Waals surface area contributed by atoms with Crippen LogP contribution in [0.5, 0.6) is 0 Å². The van der Waals surface area contributed by atoms with Gasteiger partial charge in [-0.05, 0) is 23.6 Å². The predicted molar refractivity (Wildman–Crippen MR) is 82.9 cm³/mol. The first-order valence-electron chi connectivity index (χ1n) is 6.54. The molecule has 0 fully saturated rings. The topological polar surface area (TPSA) is 98.5 Å². The van der Waals surface area contributed by atoms with Crippen LogP contribution in [0.4, 0.5) is 4.79 Å². The molecule has 1 atom stereocenters. The van der Waals surface area contributed by atoms with Crippen LogP contribution in [0.15, 0.2) is 30.3 Å². The molecule has 0 unspecified atom stereocenters. The maximum Gasteiger partial charge on any atom is 0.331 e. The molecular weight excluding hydrogens is 308 g/mol. The summed E-state index contributed by atoms with van der Waals surface area (Å²) >= 11 is 5.95. The average molecular weight is 325 g/mol. The van der Waals surface area contributed by atoms with E-state index in [1.54, 1.807) is 38.1 Å². The molecule has 0 bridgehead atoms. The maximum absolute atomic E-state index is 11.8. The molecule has 3 N–H and O–H groups in total. The second-order valence-corrected chi connectivity index (χ2v) is 5.22. The SMILES string of the molecule is CC(C)[C@@H](OC(=O)/C=C/c1ccccc1Cl)C(=O)NC(N)=O. The van der Waals surface area contributed by atoms with Gasteiger partial charge in [-0.2, -0.15) is 0 Å². The number of carbonyl (C=O) groups excluding carboxylic acids is 3. The molecule has 0 spiro atoms. The Hall–Kier alpha value is -2.34. The minimum atomic E-state index is -1.11. The number of hydrogen-bond acceptors (Lipinski definition) is 4. The normalized spacial score (nSPS) is 12.2. The van der Waals surface area contributed by atoms with E-state index in [0.717, 1.165) is 6.08 Å². The molecule has 1 rings (SSSR count). The summed E-state index contributed by atoms with van der Waals surface area (Å²) in [6.45, 7) is 3.35.